The Morgan fingerprint density at radius 3 is 2.58 bits per heavy atom. The van der Waals surface area contributed by atoms with E-state index in [9.17, 15) is 13.0 Å². The minimum atomic E-state index is -4.45. The van der Waals surface area contributed by atoms with Gasteiger partial charge in [-0.1, -0.05) is 6.07 Å². The van der Waals surface area contributed by atoms with E-state index in [0.29, 0.717) is 11.0 Å². The molecule has 3 rings (SSSR count). The fourth-order valence-electron chi connectivity index (χ4n) is 1.83. The molecule has 92 valence electrons. The van der Waals surface area contributed by atoms with Gasteiger partial charge in [0.2, 0.25) is 0 Å². The minimum absolute atomic E-state index is 0. The number of nitrogens with one attached hydrogen (secondary N) is 1. The molecule has 3 aromatic rings. The number of aromatic amines is 1. The topological polar surface area (TPSA) is 86.1 Å². The molecule has 0 amide bonds. The van der Waals surface area contributed by atoms with E-state index in [-0.39, 0.29) is 39.3 Å². The molecule has 0 bridgehead atoms. The van der Waals surface area contributed by atoms with E-state index in [1.807, 2.05) is 0 Å². The Morgan fingerprint density at radius 2 is 1.89 bits per heavy atom. The Labute approximate surface area is 135 Å². The van der Waals surface area contributed by atoms with Crippen molar-refractivity contribution < 1.29 is 46.9 Å². The summed E-state index contributed by atoms with van der Waals surface area (Å²) in [6, 6.07) is 7.61. The van der Waals surface area contributed by atoms with Gasteiger partial charge in [-0.25, -0.2) is 8.42 Å². The number of hydrogen-bond acceptors (Lipinski definition) is 5. The van der Waals surface area contributed by atoms with Crippen molar-refractivity contribution in [1.82, 2.24) is 4.98 Å². The summed E-state index contributed by atoms with van der Waals surface area (Å²) in [6.07, 6.45) is 0. The average molecular weight is 303 g/mol. The van der Waals surface area contributed by atoms with Crippen LogP contribution in [0.25, 0.3) is 21.9 Å². The van der Waals surface area contributed by atoms with Gasteiger partial charge < -0.3 is 14.0 Å². The van der Waals surface area contributed by atoms with Crippen molar-refractivity contribution in [3.05, 3.63) is 35.2 Å². The monoisotopic (exact) mass is 303 g/mol. The first-order chi connectivity index (χ1) is 8.43. The van der Waals surface area contributed by atoms with Crippen LogP contribution in [0.4, 0.5) is 0 Å². The molecule has 0 fully saturated rings. The third kappa shape index (κ3) is 2.76. The molecule has 1 N–H and O–H groups in total. The van der Waals surface area contributed by atoms with Gasteiger partial charge >= 0.3 is 29.6 Å². The number of aromatic nitrogens is 1. The normalized spacial score (nSPS) is 11.6. The number of oxazole rings is 1. The van der Waals surface area contributed by atoms with E-state index < -0.39 is 10.1 Å². The number of hydrogen-bond donors (Lipinski definition) is 1. The van der Waals surface area contributed by atoms with Crippen molar-refractivity contribution in [3.8, 4) is 0 Å². The first-order valence-corrected chi connectivity index (χ1v) is 6.78. The van der Waals surface area contributed by atoms with Crippen molar-refractivity contribution >= 4 is 44.2 Å². The van der Waals surface area contributed by atoms with Crippen LogP contribution in [0.2, 0.25) is 0 Å². The van der Waals surface area contributed by atoms with Crippen LogP contribution < -0.4 is 29.6 Å². The van der Waals surface area contributed by atoms with E-state index in [1.54, 1.807) is 18.2 Å². The van der Waals surface area contributed by atoms with Crippen LogP contribution in [-0.2, 0) is 10.1 Å². The van der Waals surface area contributed by atoms with E-state index in [4.69, 9.17) is 16.6 Å². The van der Waals surface area contributed by atoms with Crippen molar-refractivity contribution in [2.75, 3.05) is 0 Å². The van der Waals surface area contributed by atoms with E-state index in [1.165, 1.54) is 12.1 Å². The van der Waals surface area contributed by atoms with Gasteiger partial charge in [0.25, 0.3) is 4.84 Å². The zero-order valence-corrected chi connectivity index (χ0v) is 13.5. The number of rotatable bonds is 1. The van der Waals surface area contributed by atoms with Crippen molar-refractivity contribution in [2.45, 2.75) is 4.90 Å². The van der Waals surface area contributed by atoms with E-state index in [2.05, 4.69) is 4.98 Å². The predicted octanol–water partition coefficient (Wildman–Crippen LogP) is -0.448. The maximum atomic E-state index is 10.9. The number of fused-ring (bicyclic) bond motifs is 2. The third-order valence-electron chi connectivity index (χ3n) is 2.64. The Hall–Kier alpha value is -0.700. The quantitative estimate of drug-likeness (QED) is 0.374. The van der Waals surface area contributed by atoms with Crippen LogP contribution in [0.1, 0.15) is 0 Å². The predicted molar refractivity (Wildman–Crippen MR) is 66.9 cm³/mol. The zero-order valence-electron chi connectivity index (χ0n) is 9.84. The fraction of sp³-hybridized carbons (Fsp3) is 0. The van der Waals surface area contributed by atoms with Gasteiger partial charge in [0.05, 0.1) is 10.4 Å². The van der Waals surface area contributed by atoms with Crippen LogP contribution in [0.5, 0.6) is 0 Å². The van der Waals surface area contributed by atoms with Gasteiger partial charge in [-0.05, 0) is 47.3 Å². The van der Waals surface area contributed by atoms with Gasteiger partial charge in [-0.3, -0.25) is 0 Å². The summed E-state index contributed by atoms with van der Waals surface area (Å²) in [5, 5.41) is 1.40. The standard InChI is InChI=1S/C11H7NO4S2.Na/c13-18(14,15)8-2-1-6-4-9-10(5-7(6)3-8)16-11(17)12-9;/h1-5H,(H,12,17)(H,13,14,15);/q;+1/p-1. The van der Waals surface area contributed by atoms with Gasteiger partial charge in [-0.15, -0.1) is 0 Å². The molecule has 0 aliphatic carbocycles. The molecule has 8 heteroatoms. The largest absolute Gasteiger partial charge is 1.00 e. The molecule has 1 heterocycles. The van der Waals surface area contributed by atoms with E-state index >= 15 is 0 Å². The summed E-state index contributed by atoms with van der Waals surface area (Å²) in [5.41, 5.74) is 1.25. The Morgan fingerprint density at radius 1 is 1.16 bits per heavy atom. The van der Waals surface area contributed by atoms with Crippen LogP contribution in [0.3, 0.4) is 0 Å². The number of benzene rings is 2. The molecule has 2 aromatic carbocycles. The van der Waals surface area contributed by atoms with Crippen LogP contribution in [0.15, 0.2) is 39.6 Å². The van der Waals surface area contributed by atoms with Gasteiger partial charge in [0, 0.05) is 0 Å². The van der Waals surface area contributed by atoms with Crippen molar-refractivity contribution in [2.24, 2.45) is 0 Å². The zero-order chi connectivity index (χ0) is 12.9. The first kappa shape index (κ1) is 14.7. The average Bonchev–Trinajstić information content (AvgIpc) is 2.62. The summed E-state index contributed by atoms with van der Waals surface area (Å²) in [5.74, 6) is 0. The second kappa shape index (κ2) is 5.01. The summed E-state index contributed by atoms with van der Waals surface area (Å²) in [6.45, 7) is 0. The van der Waals surface area contributed by atoms with Gasteiger partial charge in [0.1, 0.15) is 10.1 Å². The molecule has 5 nitrogen and oxygen atoms in total. The molecule has 0 saturated heterocycles. The first-order valence-electron chi connectivity index (χ1n) is 4.96. The third-order valence-corrected chi connectivity index (χ3v) is 3.65. The molecule has 0 atom stereocenters. The SMILES string of the molecule is O=S(=O)([O-])c1ccc2cc3[nH]c(=S)oc3cc2c1.[Na+]. The minimum Gasteiger partial charge on any atom is -0.744 e. The molecular weight excluding hydrogens is 297 g/mol. The summed E-state index contributed by atoms with van der Waals surface area (Å²) in [4.78, 5) is 2.85. The van der Waals surface area contributed by atoms with Gasteiger partial charge in [-0.2, -0.15) is 0 Å². The maximum Gasteiger partial charge on any atom is 1.00 e. The summed E-state index contributed by atoms with van der Waals surface area (Å²) in [7, 11) is -4.45. The van der Waals surface area contributed by atoms with E-state index in [0.717, 1.165) is 10.9 Å². The Kier molecular flexibility index (Phi) is 3.87. The molecule has 0 radical (unpaired) electrons. The molecule has 0 saturated carbocycles. The molecule has 0 aliphatic heterocycles. The van der Waals surface area contributed by atoms with Crippen molar-refractivity contribution in [3.63, 3.8) is 0 Å². The molecular formula is C11H6NNaO4S2. The summed E-state index contributed by atoms with van der Waals surface area (Å²) < 4.78 is 38.1. The summed E-state index contributed by atoms with van der Waals surface area (Å²) >= 11 is 4.87. The fourth-order valence-corrected chi connectivity index (χ4v) is 2.53. The van der Waals surface area contributed by atoms with Crippen LogP contribution in [-0.4, -0.2) is 18.0 Å². The Balaban J connectivity index is 0.00000133. The smallest absolute Gasteiger partial charge is 0.744 e. The number of H-pyrrole nitrogens is 1. The molecule has 1 aromatic heterocycles. The van der Waals surface area contributed by atoms with Crippen LogP contribution in [0, 0.1) is 4.84 Å². The second-order valence-corrected chi connectivity index (χ2v) is 5.58. The second-order valence-electron chi connectivity index (χ2n) is 3.83. The molecule has 0 aliphatic rings. The van der Waals surface area contributed by atoms with Crippen LogP contribution >= 0.6 is 12.2 Å². The maximum absolute atomic E-state index is 10.9. The molecule has 0 spiro atoms. The van der Waals surface area contributed by atoms with Crippen molar-refractivity contribution in [1.29, 1.82) is 0 Å². The Bertz CT molecular complexity index is 927. The molecule has 0 unspecified atom stereocenters. The molecule has 19 heavy (non-hydrogen) atoms. The van der Waals surface area contributed by atoms with Gasteiger partial charge in [0.15, 0.2) is 5.58 Å².